The fourth-order valence-corrected chi connectivity index (χ4v) is 7.02. The Kier molecular flexibility index (Phi) is 5.55. The van der Waals surface area contributed by atoms with E-state index in [2.05, 4.69) is 28.5 Å². The van der Waals surface area contributed by atoms with Crippen LogP contribution in [0.4, 0.5) is 0 Å². The van der Waals surface area contributed by atoms with Crippen LogP contribution in [0, 0.1) is 18.3 Å². The molecule has 35 heavy (non-hydrogen) atoms. The highest BCUT2D eigenvalue weighted by Crippen LogP contribution is 2.54. The Bertz CT molecular complexity index is 1260. The average Bonchev–Trinajstić information content (AvgIpc) is 2.83. The van der Waals surface area contributed by atoms with Crippen LogP contribution in [0.25, 0.3) is 0 Å². The number of Topliss-reactive ketones (excluding diaryl/α,β-unsaturated/α-hetero) is 1. The topological polar surface area (TPSA) is 112 Å². The van der Waals surface area contributed by atoms with E-state index in [1.165, 1.54) is 0 Å². The number of methoxy groups -OCH3 is 2. The maximum Gasteiger partial charge on any atom is 0.188 e. The van der Waals surface area contributed by atoms with Gasteiger partial charge in [-0.15, -0.1) is 0 Å². The number of hydrogen-bond donors (Lipinski definition) is 2. The number of ether oxygens (including phenoxy) is 2. The summed E-state index contributed by atoms with van der Waals surface area (Å²) in [4.78, 5) is 17.9. The van der Waals surface area contributed by atoms with E-state index < -0.39 is 6.04 Å². The minimum absolute atomic E-state index is 0.0672. The molecule has 1 aliphatic carbocycles. The van der Waals surface area contributed by atoms with Gasteiger partial charge in [0.1, 0.15) is 11.8 Å². The zero-order chi connectivity index (χ0) is 25.3. The molecule has 5 atom stereocenters. The van der Waals surface area contributed by atoms with Crippen LogP contribution in [-0.2, 0) is 16.0 Å². The standard InChI is InChI=1S/C27H32N4O4/c1-12-7-15-8-17-19(10-28)31-18(23(30(17)4)22(15)25(33)26(12)34-5)9-16-21(20(31)11-29)13(2)27(35-6)14(3)24(16)32/h7,17-20,23,33H,2,8-9,11,29H2,1,3-6H3/t17-,18?,19-,20?,23-/m0/s1. The highest BCUT2D eigenvalue weighted by Gasteiger charge is 2.56. The van der Waals surface area contributed by atoms with Crippen molar-refractivity contribution in [1.82, 2.24) is 9.80 Å². The first-order chi connectivity index (χ1) is 16.7. The Balaban J connectivity index is 1.74. The Hall–Kier alpha value is -3.12. The van der Waals surface area contributed by atoms with Gasteiger partial charge in [0.25, 0.3) is 0 Å². The maximum atomic E-state index is 13.5. The summed E-state index contributed by atoms with van der Waals surface area (Å²) in [5.41, 5.74) is 11.7. The molecule has 1 aromatic carbocycles. The number of allylic oxidation sites excluding steroid dienone is 2. The molecule has 3 heterocycles. The number of piperazine rings is 1. The first-order valence-electron chi connectivity index (χ1n) is 11.9. The number of carbonyl (C=O) groups excluding carboxylic acids is 1. The predicted molar refractivity (Wildman–Crippen MR) is 131 cm³/mol. The first-order valence-corrected chi connectivity index (χ1v) is 11.9. The van der Waals surface area contributed by atoms with E-state index in [-0.39, 0.29) is 42.2 Å². The first kappa shape index (κ1) is 23.6. The number of nitrogens with two attached hydrogens (primary N) is 1. The van der Waals surface area contributed by atoms with Gasteiger partial charge in [0.2, 0.25) is 0 Å². The third-order valence-electron chi connectivity index (χ3n) is 8.43. The molecule has 1 fully saturated rings. The molecule has 0 saturated carbocycles. The minimum Gasteiger partial charge on any atom is -0.504 e. The van der Waals surface area contributed by atoms with Gasteiger partial charge in [-0.25, -0.2) is 0 Å². The molecule has 3 N–H and O–H groups in total. The zero-order valence-electron chi connectivity index (χ0n) is 20.9. The van der Waals surface area contributed by atoms with Crippen molar-refractivity contribution in [2.75, 3.05) is 27.8 Å². The van der Waals surface area contributed by atoms with Crippen LogP contribution in [-0.4, -0.2) is 72.7 Å². The number of carbonyl (C=O) groups is 1. The molecule has 8 nitrogen and oxygen atoms in total. The average molecular weight is 477 g/mol. The summed E-state index contributed by atoms with van der Waals surface area (Å²) < 4.78 is 11.1. The number of hydrogen-bond acceptors (Lipinski definition) is 8. The van der Waals surface area contributed by atoms with Crippen LogP contribution in [0.1, 0.15) is 36.1 Å². The van der Waals surface area contributed by atoms with Gasteiger partial charge >= 0.3 is 0 Å². The van der Waals surface area contributed by atoms with Crippen LogP contribution in [0.5, 0.6) is 11.5 Å². The van der Waals surface area contributed by atoms with E-state index in [0.29, 0.717) is 41.1 Å². The van der Waals surface area contributed by atoms with Gasteiger partial charge in [0.05, 0.1) is 26.3 Å². The number of rotatable bonds is 3. The van der Waals surface area contributed by atoms with Crippen LogP contribution in [0.15, 0.2) is 40.7 Å². The molecule has 3 aliphatic heterocycles. The SMILES string of the molecule is C=C1C(OC)=C(C)C(=O)C2=C1C(CN)N1C(C2)[C@H]2c3c(cc(C)c(OC)c3O)C[C@@H]([C@@H]1C#N)N2C. The Morgan fingerprint density at radius 2 is 1.97 bits per heavy atom. The predicted octanol–water partition coefficient (Wildman–Crippen LogP) is 2.27. The lowest BCUT2D eigenvalue weighted by atomic mass is 9.69. The number of nitrogens with zero attached hydrogens (tertiary/aromatic N) is 3. The van der Waals surface area contributed by atoms with Crippen LogP contribution < -0.4 is 10.5 Å². The van der Waals surface area contributed by atoms with Crippen molar-refractivity contribution >= 4 is 5.78 Å². The van der Waals surface area contributed by atoms with Gasteiger partial charge in [-0.1, -0.05) is 12.6 Å². The second kappa shape index (κ2) is 8.23. The van der Waals surface area contributed by atoms with Crippen molar-refractivity contribution in [3.05, 3.63) is 57.4 Å². The van der Waals surface area contributed by atoms with Gasteiger partial charge in [-0.05, 0) is 50.4 Å². The van der Waals surface area contributed by atoms with E-state index in [9.17, 15) is 15.2 Å². The summed E-state index contributed by atoms with van der Waals surface area (Å²) in [6.45, 7) is 8.17. The molecule has 8 heteroatoms. The molecule has 0 radical (unpaired) electrons. The Morgan fingerprint density at radius 3 is 2.57 bits per heavy atom. The third kappa shape index (κ3) is 2.99. The number of aromatic hydroxyl groups is 1. The second-order valence-electron chi connectivity index (χ2n) is 9.93. The van der Waals surface area contributed by atoms with E-state index >= 15 is 0 Å². The summed E-state index contributed by atoms with van der Waals surface area (Å²) in [5, 5.41) is 21.7. The van der Waals surface area contributed by atoms with Crippen molar-refractivity contribution in [3.63, 3.8) is 0 Å². The number of phenols is 1. The van der Waals surface area contributed by atoms with E-state index in [4.69, 9.17) is 15.2 Å². The normalized spacial score (nSPS) is 30.5. The van der Waals surface area contributed by atoms with Gasteiger partial charge in [0, 0.05) is 47.0 Å². The number of phenolic OH excluding ortho intramolecular Hbond substituents is 1. The fourth-order valence-electron chi connectivity index (χ4n) is 7.02. The molecular weight excluding hydrogens is 444 g/mol. The lowest BCUT2D eigenvalue weighted by Crippen LogP contribution is -2.70. The zero-order valence-corrected chi connectivity index (χ0v) is 20.9. The van der Waals surface area contributed by atoms with Gasteiger partial charge in [-0.3, -0.25) is 14.6 Å². The minimum atomic E-state index is -0.442. The fraction of sp³-hybridized carbons (Fsp3) is 0.481. The quantitative estimate of drug-likeness (QED) is 0.683. The molecule has 2 bridgehead atoms. The Morgan fingerprint density at radius 1 is 1.26 bits per heavy atom. The number of ketones is 1. The highest BCUT2D eigenvalue weighted by molar-refractivity contribution is 6.11. The van der Waals surface area contributed by atoms with Gasteiger partial charge in [-0.2, -0.15) is 5.26 Å². The molecule has 4 aliphatic rings. The summed E-state index contributed by atoms with van der Waals surface area (Å²) in [6.07, 6.45) is 1.04. The smallest absolute Gasteiger partial charge is 0.188 e. The van der Waals surface area contributed by atoms with Gasteiger partial charge in [0.15, 0.2) is 17.3 Å². The monoisotopic (exact) mass is 476 g/mol. The van der Waals surface area contributed by atoms with E-state index in [0.717, 1.165) is 22.3 Å². The van der Waals surface area contributed by atoms with Crippen LogP contribution in [0.2, 0.25) is 0 Å². The molecule has 0 spiro atoms. The van der Waals surface area contributed by atoms with Crippen molar-refractivity contribution in [2.24, 2.45) is 5.73 Å². The van der Waals surface area contributed by atoms with Crippen molar-refractivity contribution in [1.29, 1.82) is 5.26 Å². The second-order valence-corrected chi connectivity index (χ2v) is 9.93. The summed E-state index contributed by atoms with van der Waals surface area (Å²) in [6, 6.07) is 3.24. The number of fused-ring (bicyclic) bond motifs is 6. The summed E-state index contributed by atoms with van der Waals surface area (Å²) in [5.74, 6) is 1.01. The lowest BCUT2D eigenvalue weighted by molar-refractivity contribution is -0.114. The summed E-state index contributed by atoms with van der Waals surface area (Å²) >= 11 is 0. The maximum absolute atomic E-state index is 13.5. The number of nitriles is 1. The molecular formula is C27H32N4O4. The van der Waals surface area contributed by atoms with Crippen molar-refractivity contribution in [3.8, 4) is 17.6 Å². The molecule has 0 aromatic heterocycles. The number of likely N-dealkylation sites (N-methyl/N-ethyl adjacent to an activating group) is 1. The number of benzene rings is 1. The molecule has 2 unspecified atom stereocenters. The molecule has 1 saturated heterocycles. The molecule has 1 aromatic rings. The lowest BCUT2D eigenvalue weighted by Gasteiger charge is -2.60. The van der Waals surface area contributed by atoms with Gasteiger partial charge < -0.3 is 20.3 Å². The van der Waals surface area contributed by atoms with Crippen molar-refractivity contribution < 1.29 is 19.4 Å². The Labute approximate surface area is 205 Å². The summed E-state index contributed by atoms with van der Waals surface area (Å²) in [7, 11) is 5.10. The van der Waals surface area contributed by atoms with E-state index in [1.54, 1.807) is 21.1 Å². The van der Waals surface area contributed by atoms with Crippen LogP contribution in [0.3, 0.4) is 0 Å². The van der Waals surface area contributed by atoms with Crippen molar-refractivity contribution in [2.45, 2.75) is 56.9 Å². The highest BCUT2D eigenvalue weighted by atomic mass is 16.5. The third-order valence-corrected chi connectivity index (χ3v) is 8.43. The van der Waals surface area contributed by atoms with E-state index in [1.807, 2.05) is 14.0 Å². The van der Waals surface area contributed by atoms with Crippen LogP contribution >= 0.6 is 0 Å². The largest absolute Gasteiger partial charge is 0.504 e. The molecule has 5 rings (SSSR count). The molecule has 0 amide bonds. The molecule has 184 valence electrons. The number of aryl methyl sites for hydroxylation is 1.